The first-order valence-electron chi connectivity index (χ1n) is 6.53. The molecule has 21 heavy (non-hydrogen) atoms. The van der Waals surface area contributed by atoms with Crippen LogP contribution in [0.1, 0.15) is 17.2 Å². The highest BCUT2D eigenvalue weighted by Gasteiger charge is 2.10. The second-order valence-electron chi connectivity index (χ2n) is 4.92. The van der Waals surface area contributed by atoms with Crippen LogP contribution in [0.4, 0.5) is 8.78 Å². The lowest BCUT2D eigenvalue weighted by atomic mass is 10.2. The van der Waals surface area contributed by atoms with Crippen molar-refractivity contribution in [2.45, 2.75) is 26.6 Å². The Morgan fingerprint density at radius 1 is 1.29 bits per heavy atom. The van der Waals surface area contributed by atoms with Gasteiger partial charge in [0.2, 0.25) is 0 Å². The van der Waals surface area contributed by atoms with Gasteiger partial charge in [0.05, 0.1) is 6.54 Å². The van der Waals surface area contributed by atoms with E-state index in [9.17, 15) is 8.78 Å². The van der Waals surface area contributed by atoms with Crippen molar-refractivity contribution in [1.29, 1.82) is 0 Å². The Balaban J connectivity index is 1.99. The minimum atomic E-state index is -2.81. The molecule has 0 bridgehead atoms. The van der Waals surface area contributed by atoms with E-state index in [0.717, 1.165) is 17.2 Å². The van der Waals surface area contributed by atoms with Gasteiger partial charge in [-0.1, -0.05) is 12.1 Å². The molecule has 0 saturated carbocycles. The third-order valence-electron chi connectivity index (χ3n) is 3.17. The van der Waals surface area contributed by atoms with Crippen LogP contribution in [0, 0.1) is 6.92 Å². The first kappa shape index (κ1) is 15.4. The summed E-state index contributed by atoms with van der Waals surface area (Å²) < 4.78 is 30.7. The molecule has 1 aromatic carbocycles. The fraction of sp³-hybridized carbons (Fsp3) is 0.429. The van der Waals surface area contributed by atoms with E-state index in [-0.39, 0.29) is 5.75 Å². The summed E-state index contributed by atoms with van der Waals surface area (Å²) in [5.41, 5.74) is 0.898. The van der Waals surface area contributed by atoms with Gasteiger partial charge in [0.25, 0.3) is 0 Å². The molecular weight excluding hydrogens is 278 g/mol. The standard InChI is InChI=1S/C14H18F2N4O/c1-10-17-18-13(20(10)3)9-19(2)8-11-5-4-6-12(7-11)21-14(15)16/h4-7,14H,8-9H2,1-3H3. The third kappa shape index (κ3) is 4.22. The van der Waals surface area contributed by atoms with Crippen molar-refractivity contribution in [1.82, 2.24) is 19.7 Å². The Morgan fingerprint density at radius 2 is 2.05 bits per heavy atom. The van der Waals surface area contributed by atoms with Crippen molar-refractivity contribution in [2.75, 3.05) is 7.05 Å². The highest BCUT2D eigenvalue weighted by molar-refractivity contribution is 5.28. The topological polar surface area (TPSA) is 43.2 Å². The predicted octanol–water partition coefficient (Wildman–Crippen LogP) is 2.36. The van der Waals surface area contributed by atoms with Gasteiger partial charge in [-0.15, -0.1) is 10.2 Å². The molecule has 0 saturated heterocycles. The summed E-state index contributed by atoms with van der Waals surface area (Å²) in [6, 6.07) is 6.70. The molecule has 0 fully saturated rings. The van der Waals surface area contributed by atoms with Gasteiger partial charge in [0, 0.05) is 13.6 Å². The van der Waals surface area contributed by atoms with Crippen LogP contribution < -0.4 is 4.74 Å². The fourth-order valence-electron chi connectivity index (χ4n) is 2.02. The second-order valence-corrected chi connectivity index (χ2v) is 4.92. The van der Waals surface area contributed by atoms with Crippen molar-refractivity contribution in [3.05, 3.63) is 41.5 Å². The van der Waals surface area contributed by atoms with Crippen LogP contribution in [0.3, 0.4) is 0 Å². The lowest BCUT2D eigenvalue weighted by Crippen LogP contribution is -2.19. The van der Waals surface area contributed by atoms with Gasteiger partial charge >= 0.3 is 6.61 Å². The Morgan fingerprint density at radius 3 is 2.67 bits per heavy atom. The van der Waals surface area contributed by atoms with Crippen LogP contribution in [0.2, 0.25) is 0 Å². The number of benzene rings is 1. The normalized spacial score (nSPS) is 11.4. The number of halogens is 2. The molecule has 1 heterocycles. The van der Waals surface area contributed by atoms with Gasteiger partial charge in [-0.2, -0.15) is 8.78 Å². The van der Waals surface area contributed by atoms with Crippen LogP contribution in [-0.4, -0.2) is 33.3 Å². The van der Waals surface area contributed by atoms with Gasteiger partial charge in [0.1, 0.15) is 17.4 Å². The molecule has 5 nitrogen and oxygen atoms in total. The molecule has 1 aromatic heterocycles. The zero-order chi connectivity index (χ0) is 15.4. The highest BCUT2D eigenvalue weighted by Crippen LogP contribution is 2.17. The minimum absolute atomic E-state index is 0.172. The summed E-state index contributed by atoms with van der Waals surface area (Å²) in [6.45, 7) is 0.310. The molecule has 0 spiro atoms. The van der Waals surface area contributed by atoms with E-state index in [0.29, 0.717) is 13.1 Å². The zero-order valence-corrected chi connectivity index (χ0v) is 12.3. The zero-order valence-electron chi connectivity index (χ0n) is 12.3. The maximum atomic E-state index is 12.2. The smallest absolute Gasteiger partial charge is 0.387 e. The van der Waals surface area contributed by atoms with Crippen molar-refractivity contribution in [3.8, 4) is 5.75 Å². The lowest BCUT2D eigenvalue weighted by Gasteiger charge is -2.16. The number of aromatic nitrogens is 3. The summed E-state index contributed by atoms with van der Waals surface area (Å²) in [5, 5.41) is 8.11. The molecule has 0 unspecified atom stereocenters. The summed E-state index contributed by atoms with van der Waals surface area (Å²) >= 11 is 0. The quantitative estimate of drug-likeness (QED) is 0.821. The average molecular weight is 296 g/mol. The number of aryl methyl sites for hydroxylation is 1. The molecule has 0 radical (unpaired) electrons. The van der Waals surface area contributed by atoms with Crippen molar-refractivity contribution in [3.63, 3.8) is 0 Å². The Labute approximate surface area is 122 Å². The van der Waals surface area contributed by atoms with E-state index in [1.165, 1.54) is 6.07 Å². The van der Waals surface area contributed by atoms with Gasteiger partial charge in [-0.05, 0) is 31.7 Å². The van der Waals surface area contributed by atoms with Crippen LogP contribution in [0.25, 0.3) is 0 Å². The van der Waals surface area contributed by atoms with Crippen molar-refractivity contribution >= 4 is 0 Å². The number of rotatable bonds is 6. The Bertz CT molecular complexity index is 600. The van der Waals surface area contributed by atoms with E-state index < -0.39 is 6.61 Å². The summed E-state index contributed by atoms with van der Waals surface area (Å²) in [7, 11) is 3.85. The maximum Gasteiger partial charge on any atom is 0.387 e. The molecule has 0 aliphatic rings. The SMILES string of the molecule is Cc1nnc(CN(C)Cc2cccc(OC(F)F)c2)n1C. The predicted molar refractivity (Wildman–Crippen MR) is 74.0 cm³/mol. The van der Waals surface area contributed by atoms with Gasteiger partial charge in [-0.3, -0.25) is 4.90 Å². The monoisotopic (exact) mass is 296 g/mol. The number of hydrogen-bond acceptors (Lipinski definition) is 4. The third-order valence-corrected chi connectivity index (χ3v) is 3.17. The van der Waals surface area contributed by atoms with E-state index in [4.69, 9.17) is 0 Å². The second kappa shape index (κ2) is 6.62. The first-order chi connectivity index (χ1) is 9.95. The molecule has 0 N–H and O–H groups in total. The molecule has 0 amide bonds. The molecule has 114 valence electrons. The maximum absolute atomic E-state index is 12.2. The Kier molecular flexibility index (Phi) is 4.85. The van der Waals surface area contributed by atoms with Crippen molar-refractivity contribution in [2.24, 2.45) is 7.05 Å². The van der Waals surface area contributed by atoms with Gasteiger partial charge in [-0.25, -0.2) is 0 Å². The fourth-order valence-corrected chi connectivity index (χ4v) is 2.02. The van der Waals surface area contributed by atoms with Crippen LogP contribution in [-0.2, 0) is 20.1 Å². The Hall–Kier alpha value is -2.02. The van der Waals surface area contributed by atoms with E-state index >= 15 is 0 Å². The average Bonchev–Trinajstić information content (AvgIpc) is 2.70. The molecule has 7 heteroatoms. The number of ether oxygens (including phenoxy) is 1. The molecular formula is C14H18F2N4O. The summed E-state index contributed by atoms with van der Waals surface area (Å²) in [5.74, 6) is 1.88. The van der Waals surface area contributed by atoms with E-state index in [1.54, 1.807) is 12.1 Å². The van der Waals surface area contributed by atoms with Gasteiger partial charge < -0.3 is 9.30 Å². The molecule has 2 aromatic rings. The van der Waals surface area contributed by atoms with Crippen molar-refractivity contribution < 1.29 is 13.5 Å². The van der Waals surface area contributed by atoms with Crippen LogP contribution in [0.5, 0.6) is 5.75 Å². The number of nitrogens with zero attached hydrogens (tertiary/aromatic N) is 4. The first-order valence-corrected chi connectivity index (χ1v) is 6.53. The summed E-state index contributed by atoms with van der Waals surface area (Å²) in [6.07, 6.45) is 0. The molecule has 0 aliphatic heterocycles. The van der Waals surface area contributed by atoms with Crippen LogP contribution >= 0.6 is 0 Å². The van der Waals surface area contributed by atoms with E-state index in [1.807, 2.05) is 36.6 Å². The number of hydrogen-bond donors (Lipinski definition) is 0. The van der Waals surface area contributed by atoms with Gasteiger partial charge in [0.15, 0.2) is 0 Å². The number of alkyl halides is 2. The lowest BCUT2D eigenvalue weighted by molar-refractivity contribution is -0.0499. The van der Waals surface area contributed by atoms with Crippen LogP contribution in [0.15, 0.2) is 24.3 Å². The largest absolute Gasteiger partial charge is 0.435 e. The summed E-state index contributed by atoms with van der Waals surface area (Å²) in [4.78, 5) is 2.03. The minimum Gasteiger partial charge on any atom is -0.435 e. The van der Waals surface area contributed by atoms with E-state index in [2.05, 4.69) is 14.9 Å². The highest BCUT2D eigenvalue weighted by atomic mass is 19.3. The molecule has 0 atom stereocenters. The molecule has 0 aliphatic carbocycles. The molecule has 2 rings (SSSR count).